The molecular formula is C18H21N2O3+. The highest BCUT2D eigenvalue weighted by atomic mass is 16.5. The molecule has 1 atom stereocenters. The van der Waals surface area contributed by atoms with E-state index in [9.17, 15) is 9.59 Å². The molecule has 23 heavy (non-hydrogen) atoms. The molecule has 0 spiro atoms. The van der Waals surface area contributed by atoms with Crippen LogP contribution in [0, 0.1) is 0 Å². The van der Waals surface area contributed by atoms with Crippen molar-refractivity contribution < 1.29 is 18.9 Å². The minimum atomic E-state index is -0.686. The molecule has 0 saturated carbocycles. The van der Waals surface area contributed by atoms with Crippen molar-refractivity contribution in [1.29, 1.82) is 0 Å². The number of nitrogens with one attached hydrogen (secondary N) is 1. The third-order valence-corrected chi connectivity index (χ3v) is 3.29. The second-order valence-corrected chi connectivity index (χ2v) is 5.11. The standard InChI is InChI=1S/C18H20N2O3/c1-2-23-18(22)16(13-15-9-5-3-6-10-15)19-17(21)14-20-11-7-4-8-12-20/h3-12,16H,2,13-14H2,1H3/p+1/t16-/m0/s1. The minimum Gasteiger partial charge on any atom is -0.464 e. The van der Waals surface area contributed by atoms with Crippen molar-refractivity contribution in [2.75, 3.05) is 6.61 Å². The fourth-order valence-corrected chi connectivity index (χ4v) is 2.23. The zero-order chi connectivity index (χ0) is 16.5. The molecule has 1 aromatic heterocycles. The van der Waals surface area contributed by atoms with Gasteiger partial charge in [0.05, 0.1) is 6.61 Å². The van der Waals surface area contributed by atoms with E-state index in [1.807, 2.05) is 48.5 Å². The van der Waals surface area contributed by atoms with Crippen LogP contribution in [0.2, 0.25) is 0 Å². The molecule has 0 radical (unpaired) electrons. The van der Waals surface area contributed by atoms with Crippen LogP contribution in [0.4, 0.5) is 0 Å². The Hall–Kier alpha value is -2.69. The Kier molecular flexibility index (Phi) is 6.29. The number of pyridine rings is 1. The molecule has 1 amide bonds. The summed E-state index contributed by atoms with van der Waals surface area (Å²) in [7, 11) is 0. The summed E-state index contributed by atoms with van der Waals surface area (Å²) in [5, 5.41) is 2.76. The Morgan fingerprint density at radius 2 is 1.74 bits per heavy atom. The van der Waals surface area contributed by atoms with E-state index >= 15 is 0 Å². The third kappa shape index (κ3) is 5.54. The van der Waals surface area contributed by atoms with Gasteiger partial charge in [-0.2, -0.15) is 4.57 Å². The van der Waals surface area contributed by atoms with Crippen molar-refractivity contribution in [1.82, 2.24) is 5.32 Å². The normalized spacial score (nSPS) is 11.5. The van der Waals surface area contributed by atoms with Crippen molar-refractivity contribution in [2.45, 2.75) is 25.9 Å². The highest BCUT2D eigenvalue weighted by Gasteiger charge is 2.23. The number of carbonyl (C=O) groups excluding carboxylic acids is 2. The fourth-order valence-electron chi connectivity index (χ4n) is 2.23. The fraction of sp³-hybridized carbons (Fsp3) is 0.278. The lowest BCUT2D eigenvalue weighted by Gasteiger charge is -2.16. The summed E-state index contributed by atoms with van der Waals surface area (Å²) in [6.45, 7) is 2.19. The first-order valence-electron chi connectivity index (χ1n) is 7.63. The quantitative estimate of drug-likeness (QED) is 0.618. The summed E-state index contributed by atoms with van der Waals surface area (Å²) >= 11 is 0. The molecule has 5 nitrogen and oxygen atoms in total. The molecule has 0 fully saturated rings. The van der Waals surface area contributed by atoms with E-state index in [4.69, 9.17) is 4.74 Å². The van der Waals surface area contributed by atoms with Gasteiger partial charge in [0, 0.05) is 18.6 Å². The van der Waals surface area contributed by atoms with Crippen LogP contribution < -0.4 is 9.88 Å². The number of hydrogen-bond donors (Lipinski definition) is 1. The number of rotatable bonds is 7. The van der Waals surface area contributed by atoms with Crippen LogP contribution in [-0.4, -0.2) is 24.5 Å². The molecule has 1 heterocycles. The summed E-state index contributed by atoms with van der Waals surface area (Å²) in [6.07, 6.45) is 4.01. The number of amides is 1. The van der Waals surface area contributed by atoms with Gasteiger partial charge in [0.25, 0.3) is 5.91 Å². The van der Waals surface area contributed by atoms with Gasteiger partial charge in [-0.15, -0.1) is 0 Å². The van der Waals surface area contributed by atoms with Gasteiger partial charge in [-0.25, -0.2) is 4.79 Å². The van der Waals surface area contributed by atoms with Gasteiger partial charge < -0.3 is 10.1 Å². The zero-order valence-corrected chi connectivity index (χ0v) is 13.1. The Balaban J connectivity index is 2.01. The van der Waals surface area contributed by atoms with Gasteiger partial charge in [-0.3, -0.25) is 4.79 Å². The molecule has 120 valence electrons. The zero-order valence-electron chi connectivity index (χ0n) is 13.1. The average Bonchev–Trinajstić information content (AvgIpc) is 2.56. The Bertz CT molecular complexity index is 629. The van der Waals surface area contributed by atoms with Crippen molar-refractivity contribution >= 4 is 11.9 Å². The SMILES string of the molecule is CCOC(=O)[C@H](Cc1ccccc1)NC(=O)C[n+]1ccccc1. The number of aromatic nitrogens is 1. The highest BCUT2D eigenvalue weighted by molar-refractivity contribution is 5.84. The summed E-state index contributed by atoms with van der Waals surface area (Å²) in [5.41, 5.74) is 0.971. The second kappa shape index (κ2) is 8.68. The molecular weight excluding hydrogens is 292 g/mol. The predicted molar refractivity (Wildman–Crippen MR) is 85.3 cm³/mol. The van der Waals surface area contributed by atoms with Crippen molar-refractivity contribution in [3.8, 4) is 0 Å². The summed E-state index contributed by atoms with van der Waals surface area (Å²) in [4.78, 5) is 24.3. The van der Waals surface area contributed by atoms with Crippen LogP contribution in [0.1, 0.15) is 12.5 Å². The number of carbonyl (C=O) groups is 2. The Labute approximate surface area is 135 Å². The maximum Gasteiger partial charge on any atom is 0.328 e. The van der Waals surface area contributed by atoms with Crippen LogP contribution in [0.15, 0.2) is 60.9 Å². The topological polar surface area (TPSA) is 59.3 Å². The van der Waals surface area contributed by atoms with E-state index < -0.39 is 12.0 Å². The van der Waals surface area contributed by atoms with Gasteiger partial charge in [0.15, 0.2) is 12.4 Å². The Morgan fingerprint density at radius 1 is 1.09 bits per heavy atom. The van der Waals surface area contributed by atoms with E-state index in [0.29, 0.717) is 6.42 Å². The van der Waals surface area contributed by atoms with Crippen LogP contribution in [0.5, 0.6) is 0 Å². The van der Waals surface area contributed by atoms with E-state index in [0.717, 1.165) is 5.56 Å². The first kappa shape index (κ1) is 16.7. The van der Waals surface area contributed by atoms with Gasteiger partial charge in [-0.05, 0) is 12.5 Å². The molecule has 1 aromatic carbocycles. The summed E-state index contributed by atoms with van der Waals surface area (Å²) < 4.78 is 6.82. The molecule has 0 aliphatic heterocycles. The third-order valence-electron chi connectivity index (χ3n) is 3.29. The molecule has 0 saturated heterocycles. The molecule has 0 unspecified atom stereocenters. The van der Waals surface area contributed by atoms with Crippen molar-refractivity contribution in [3.05, 3.63) is 66.5 Å². The minimum absolute atomic E-state index is 0.158. The van der Waals surface area contributed by atoms with Crippen LogP contribution in [0.25, 0.3) is 0 Å². The van der Waals surface area contributed by atoms with Crippen molar-refractivity contribution in [2.24, 2.45) is 0 Å². The monoisotopic (exact) mass is 313 g/mol. The van der Waals surface area contributed by atoms with Gasteiger partial charge in [0.2, 0.25) is 6.54 Å². The number of nitrogens with zero attached hydrogens (tertiary/aromatic N) is 1. The van der Waals surface area contributed by atoms with E-state index in [2.05, 4.69) is 5.32 Å². The maximum absolute atomic E-state index is 12.2. The number of ether oxygens (including phenoxy) is 1. The first-order valence-corrected chi connectivity index (χ1v) is 7.63. The van der Waals surface area contributed by atoms with E-state index in [1.165, 1.54) is 0 Å². The molecule has 2 aromatic rings. The lowest BCUT2D eigenvalue weighted by Crippen LogP contribution is -2.49. The first-order chi connectivity index (χ1) is 11.2. The van der Waals surface area contributed by atoms with Crippen LogP contribution in [-0.2, 0) is 27.3 Å². The number of esters is 1. The largest absolute Gasteiger partial charge is 0.464 e. The molecule has 1 N–H and O–H groups in total. The smallest absolute Gasteiger partial charge is 0.328 e. The van der Waals surface area contributed by atoms with E-state index in [1.54, 1.807) is 23.9 Å². The summed E-state index contributed by atoms with van der Waals surface area (Å²) in [5.74, 6) is -0.641. The number of hydrogen-bond acceptors (Lipinski definition) is 3. The second-order valence-electron chi connectivity index (χ2n) is 5.11. The Morgan fingerprint density at radius 3 is 2.39 bits per heavy atom. The highest BCUT2D eigenvalue weighted by Crippen LogP contribution is 2.05. The van der Waals surface area contributed by atoms with E-state index in [-0.39, 0.29) is 19.1 Å². The lowest BCUT2D eigenvalue weighted by molar-refractivity contribution is -0.684. The van der Waals surface area contributed by atoms with Crippen LogP contribution in [0.3, 0.4) is 0 Å². The molecule has 0 aliphatic rings. The predicted octanol–water partition coefficient (Wildman–Crippen LogP) is 1.26. The lowest BCUT2D eigenvalue weighted by atomic mass is 10.1. The summed E-state index contributed by atoms with van der Waals surface area (Å²) in [6, 6.07) is 14.4. The maximum atomic E-state index is 12.2. The number of benzene rings is 1. The molecule has 0 bridgehead atoms. The molecule has 0 aliphatic carbocycles. The van der Waals surface area contributed by atoms with Crippen molar-refractivity contribution in [3.63, 3.8) is 0 Å². The molecule has 2 rings (SSSR count). The van der Waals surface area contributed by atoms with Gasteiger partial charge >= 0.3 is 5.97 Å². The average molecular weight is 313 g/mol. The van der Waals surface area contributed by atoms with Gasteiger partial charge in [0.1, 0.15) is 6.04 Å². The van der Waals surface area contributed by atoms with Gasteiger partial charge in [-0.1, -0.05) is 36.4 Å². The molecule has 5 heteroatoms. The van der Waals surface area contributed by atoms with Crippen LogP contribution >= 0.6 is 0 Å².